The summed E-state index contributed by atoms with van der Waals surface area (Å²) >= 11 is 0. The minimum Gasteiger partial charge on any atom is -0.494 e. The van der Waals surface area contributed by atoms with Crippen molar-refractivity contribution in [1.29, 1.82) is 5.26 Å². The number of imidazole rings is 1. The first-order valence-electron chi connectivity index (χ1n) is 8.76. The molecule has 0 amide bonds. The van der Waals surface area contributed by atoms with E-state index in [0.717, 1.165) is 28.2 Å². The predicted octanol–water partition coefficient (Wildman–Crippen LogP) is 4.82. The lowest BCUT2D eigenvalue weighted by atomic mass is 10.2. The van der Waals surface area contributed by atoms with Crippen LogP contribution in [0.25, 0.3) is 28.4 Å². The number of ether oxygens (including phenoxy) is 1. The fourth-order valence-corrected chi connectivity index (χ4v) is 3.00. The monoisotopic (exact) mass is 354 g/mol. The van der Waals surface area contributed by atoms with Crippen LogP contribution >= 0.6 is 0 Å². The number of fused-ring (bicyclic) bond motifs is 1. The van der Waals surface area contributed by atoms with Crippen LogP contribution in [0.4, 0.5) is 0 Å². The average Bonchev–Trinajstić information content (AvgIpc) is 3.33. The van der Waals surface area contributed by atoms with Crippen molar-refractivity contribution < 1.29 is 4.74 Å². The Hall–Kier alpha value is -3.78. The van der Waals surface area contributed by atoms with Gasteiger partial charge in [-0.15, -0.1) is 0 Å². The van der Waals surface area contributed by atoms with Crippen LogP contribution in [0.2, 0.25) is 0 Å². The molecule has 2 aromatic heterocycles. The second kappa shape index (κ2) is 7.22. The van der Waals surface area contributed by atoms with Gasteiger partial charge < -0.3 is 14.3 Å². The summed E-state index contributed by atoms with van der Waals surface area (Å²) in [6, 6.07) is 21.8. The van der Waals surface area contributed by atoms with E-state index in [9.17, 15) is 5.26 Å². The first kappa shape index (κ1) is 16.7. The zero-order valence-corrected chi connectivity index (χ0v) is 14.9. The summed E-state index contributed by atoms with van der Waals surface area (Å²) in [5.41, 5.74) is 4.14. The number of aromatic nitrogens is 3. The van der Waals surface area contributed by atoms with Gasteiger partial charge in [0.1, 0.15) is 17.6 Å². The third kappa shape index (κ3) is 3.33. The van der Waals surface area contributed by atoms with E-state index < -0.39 is 0 Å². The second-order valence-corrected chi connectivity index (χ2v) is 6.00. The number of nitrogens with zero attached hydrogens (tertiary/aromatic N) is 3. The molecule has 0 aliphatic carbocycles. The van der Waals surface area contributed by atoms with Gasteiger partial charge in [0.2, 0.25) is 0 Å². The van der Waals surface area contributed by atoms with Crippen LogP contribution in [0.1, 0.15) is 18.4 Å². The maximum atomic E-state index is 9.66. The fraction of sp³-hybridized carbons (Fsp3) is 0.0909. The van der Waals surface area contributed by atoms with E-state index in [1.54, 1.807) is 0 Å². The summed E-state index contributed by atoms with van der Waals surface area (Å²) in [7, 11) is 0. The van der Waals surface area contributed by atoms with Crippen molar-refractivity contribution in [2.45, 2.75) is 6.92 Å². The molecule has 0 spiro atoms. The van der Waals surface area contributed by atoms with E-state index in [0.29, 0.717) is 18.0 Å². The van der Waals surface area contributed by atoms with Gasteiger partial charge in [0.25, 0.3) is 0 Å². The Morgan fingerprint density at radius 2 is 1.96 bits per heavy atom. The van der Waals surface area contributed by atoms with Gasteiger partial charge in [-0.25, -0.2) is 4.98 Å². The molecule has 2 heterocycles. The molecule has 132 valence electrons. The lowest BCUT2D eigenvalue weighted by molar-refractivity contribution is 0.340. The number of benzene rings is 2. The Kier molecular flexibility index (Phi) is 4.46. The molecule has 1 N–H and O–H groups in total. The highest BCUT2D eigenvalue weighted by Gasteiger charge is 2.09. The highest BCUT2D eigenvalue weighted by atomic mass is 16.5. The molecule has 4 rings (SSSR count). The smallest absolute Gasteiger partial charge is 0.149 e. The summed E-state index contributed by atoms with van der Waals surface area (Å²) in [5, 5.41) is 9.66. The molecule has 0 fully saturated rings. The van der Waals surface area contributed by atoms with E-state index in [1.807, 2.05) is 84.4 Å². The van der Waals surface area contributed by atoms with E-state index in [-0.39, 0.29) is 0 Å². The van der Waals surface area contributed by atoms with Crippen molar-refractivity contribution >= 4 is 22.7 Å². The standard InChI is InChI=1S/C22H18N4O/c1-2-27-19-11-9-17(10-12-19)26-13-5-6-18(26)14-16(15-23)22-24-20-7-3-4-8-21(20)25-22/h3-14H,2H2,1H3,(H,24,25)/b16-14+. The molecule has 0 saturated heterocycles. The van der Waals surface area contributed by atoms with Gasteiger partial charge in [-0.2, -0.15) is 5.26 Å². The van der Waals surface area contributed by atoms with Crippen LogP contribution in [0.15, 0.2) is 66.9 Å². The molecule has 0 aliphatic rings. The summed E-state index contributed by atoms with van der Waals surface area (Å²) in [6.07, 6.45) is 3.81. The normalized spacial score (nSPS) is 11.5. The van der Waals surface area contributed by atoms with Gasteiger partial charge in [0.05, 0.1) is 23.2 Å². The molecule has 0 unspecified atom stereocenters. The van der Waals surface area contributed by atoms with Crippen LogP contribution < -0.4 is 4.74 Å². The van der Waals surface area contributed by atoms with Gasteiger partial charge >= 0.3 is 0 Å². The lowest BCUT2D eigenvalue weighted by Crippen LogP contribution is -1.96. The van der Waals surface area contributed by atoms with Crippen molar-refractivity contribution in [1.82, 2.24) is 14.5 Å². The highest BCUT2D eigenvalue weighted by molar-refractivity contribution is 5.90. The lowest BCUT2D eigenvalue weighted by Gasteiger charge is -2.08. The Morgan fingerprint density at radius 1 is 1.15 bits per heavy atom. The summed E-state index contributed by atoms with van der Waals surface area (Å²) < 4.78 is 7.52. The van der Waals surface area contributed by atoms with Crippen molar-refractivity contribution in [3.63, 3.8) is 0 Å². The Balaban J connectivity index is 1.71. The molecule has 0 radical (unpaired) electrons. The van der Waals surface area contributed by atoms with Gasteiger partial charge in [-0.1, -0.05) is 12.1 Å². The molecule has 0 bridgehead atoms. The van der Waals surface area contributed by atoms with Crippen LogP contribution in [-0.4, -0.2) is 21.1 Å². The Labute approximate surface area is 157 Å². The molecule has 5 heteroatoms. The third-order valence-corrected chi connectivity index (χ3v) is 4.26. The number of hydrogen-bond donors (Lipinski definition) is 1. The summed E-state index contributed by atoms with van der Waals surface area (Å²) in [5.74, 6) is 1.41. The molecular weight excluding hydrogens is 336 g/mol. The van der Waals surface area contributed by atoms with Crippen molar-refractivity contribution in [2.75, 3.05) is 6.61 Å². The molecule has 0 aliphatic heterocycles. The number of rotatable bonds is 5. The van der Waals surface area contributed by atoms with Crippen molar-refractivity contribution in [2.24, 2.45) is 0 Å². The average molecular weight is 354 g/mol. The van der Waals surface area contributed by atoms with E-state index in [1.165, 1.54) is 0 Å². The molecule has 2 aromatic carbocycles. The summed E-state index contributed by atoms with van der Waals surface area (Å²) in [6.45, 7) is 2.60. The number of nitrogens with one attached hydrogen (secondary N) is 1. The Morgan fingerprint density at radius 3 is 2.70 bits per heavy atom. The maximum Gasteiger partial charge on any atom is 0.149 e. The number of nitriles is 1. The van der Waals surface area contributed by atoms with Gasteiger partial charge in [-0.3, -0.25) is 0 Å². The van der Waals surface area contributed by atoms with Crippen LogP contribution in [0.3, 0.4) is 0 Å². The van der Waals surface area contributed by atoms with E-state index in [2.05, 4.69) is 16.0 Å². The van der Waals surface area contributed by atoms with E-state index in [4.69, 9.17) is 4.74 Å². The zero-order chi connectivity index (χ0) is 18.6. The maximum absolute atomic E-state index is 9.66. The topological polar surface area (TPSA) is 66.6 Å². The molecule has 27 heavy (non-hydrogen) atoms. The molecule has 5 nitrogen and oxygen atoms in total. The number of allylic oxidation sites excluding steroid dienone is 1. The predicted molar refractivity (Wildman–Crippen MR) is 107 cm³/mol. The summed E-state index contributed by atoms with van der Waals surface area (Å²) in [4.78, 5) is 7.74. The van der Waals surface area contributed by atoms with Crippen molar-refractivity contribution in [3.05, 3.63) is 78.4 Å². The fourth-order valence-electron chi connectivity index (χ4n) is 3.00. The zero-order valence-electron chi connectivity index (χ0n) is 14.9. The first-order chi connectivity index (χ1) is 13.3. The molecule has 4 aromatic rings. The molecule has 0 saturated carbocycles. The molecular formula is C22H18N4O. The SMILES string of the molecule is CCOc1ccc(-n2cccc2/C=C(\C#N)c2nc3ccccc3[nH]2)cc1. The first-order valence-corrected chi connectivity index (χ1v) is 8.76. The largest absolute Gasteiger partial charge is 0.494 e. The quantitative estimate of drug-likeness (QED) is 0.523. The Bertz CT molecular complexity index is 1110. The van der Waals surface area contributed by atoms with Crippen LogP contribution in [-0.2, 0) is 0 Å². The van der Waals surface area contributed by atoms with Gasteiger partial charge in [0, 0.05) is 17.6 Å². The minimum atomic E-state index is 0.483. The number of hydrogen-bond acceptors (Lipinski definition) is 3. The highest BCUT2D eigenvalue weighted by Crippen LogP contribution is 2.22. The third-order valence-electron chi connectivity index (χ3n) is 4.26. The molecule has 0 atom stereocenters. The number of H-pyrrole nitrogens is 1. The van der Waals surface area contributed by atoms with E-state index >= 15 is 0 Å². The second-order valence-electron chi connectivity index (χ2n) is 6.00. The minimum absolute atomic E-state index is 0.483. The van der Waals surface area contributed by atoms with Gasteiger partial charge in [0.15, 0.2) is 0 Å². The van der Waals surface area contributed by atoms with Crippen LogP contribution in [0.5, 0.6) is 5.75 Å². The van der Waals surface area contributed by atoms with Crippen LogP contribution in [0, 0.1) is 11.3 Å². The number of aromatic amines is 1. The van der Waals surface area contributed by atoms with Crippen molar-refractivity contribution in [3.8, 4) is 17.5 Å². The number of para-hydroxylation sites is 2. The van der Waals surface area contributed by atoms with Gasteiger partial charge in [-0.05, 0) is 61.5 Å².